The van der Waals surface area contributed by atoms with Gasteiger partial charge in [0.1, 0.15) is 5.82 Å². The Labute approximate surface area is 110 Å². The van der Waals surface area contributed by atoms with Crippen molar-refractivity contribution in [2.45, 2.75) is 6.92 Å². The van der Waals surface area contributed by atoms with Crippen LogP contribution < -0.4 is 5.32 Å². The third-order valence-corrected chi connectivity index (χ3v) is 2.51. The molecule has 0 aliphatic rings. The second-order valence-corrected chi connectivity index (χ2v) is 4.09. The van der Waals surface area contributed by atoms with Crippen LogP contribution in [-0.4, -0.2) is 10.9 Å². The Morgan fingerprint density at radius 1 is 1.26 bits per heavy atom. The number of carbonyl (C=O) groups excluding carboxylic acids is 1. The average Bonchev–Trinajstić information content (AvgIpc) is 2.42. The van der Waals surface area contributed by atoms with E-state index in [2.05, 4.69) is 10.3 Å². The minimum Gasteiger partial charge on any atom is -0.320 e. The van der Waals surface area contributed by atoms with E-state index >= 15 is 0 Å². The van der Waals surface area contributed by atoms with Gasteiger partial charge < -0.3 is 5.32 Å². The summed E-state index contributed by atoms with van der Waals surface area (Å²) in [5, 5.41) is 2.50. The molecule has 2 aromatic rings. The van der Waals surface area contributed by atoms with Crippen molar-refractivity contribution in [3.8, 4) is 0 Å². The van der Waals surface area contributed by atoms with Crippen LogP contribution in [0.3, 0.4) is 0 Å². The molecule has 0 aliphatic heterocycles. The Balaban J connectivity index is 2.06. The maximum atomic E-state index is 13.4. The molecule has 0 saturated carbocycles. The van der Waals surface area contributed by atoms with Gasteiger partial charge in [-0.05, 0) is 48.4 Å². The molecule has 1 heterocycles. The zero-order valence-electron chi connectivity index (χ0n) is 10.4. The lowest BCUT2D eigenvalue weighted by molar-refractivity contribution is -0.111. The first kappa shape index (κ1) is 13.0. The number of anilines is 1. The van der Waals surface area contributed by atoms with Gasteiger partial charge >= 0.3 is 0 Å². The van der Waals surface area contributed by atoms with Gasteiger partial charge in [-0.2, -0.15) is 0 Å². The molecule has 0 atom stereocenters. The average molecular weight is 256 g/mol. The molecule has 0 bridgehead atoms. The van der Waals surface area contributed by atoms with Crippen LogP contribution in [0.2, 0.25) is 0 Å². The molecule has 3 nitrogen and oxygen atoms in total. The van der Waals surface area contributed by atoms with Gasteiger partial charge in [0.2, 0.25) is 5.91 Å². The van der Waals surface area contributed by atoms with E-state index in [1.54, 1.807) is 42.7 Å². The molecule has 0 saturated heterocycles. The summed E-state index contributed by atoms with van der Waals surface area (Å²) in [7, 11) is 0. The number of pyridine rings is 1. The number of halogens is 1. The molecular weight excluding hydrogens is 243 g/mol. The molecule has 4 heteroatoms. The molecule has 19 heavy (non-hydrogen) atoms. The summed E-state index contributed by atoms with van der Waals surface area (Å²) in [6, 6.07) is 8.12. The van der Waals surface area contributed by atoms with E-state index in [1.807, 2.05) is 6.92 Å². The Bertz CT molecular complexity index is 609. The van der Waals surface area contributed by atoms with Crippen LogP contribution in [0.1, 0.15) is 11.1 Å². The molecule has 96 valence electrons. The SMILES string of the molecule is Cc1ccc(F)c(NC(=O)C=Cc2ccncc2)c1. The third kappa shape index (κ3) is 3.74. The van der Waals surface area contributed by atoms with E-state index in [9.17, 15) is 9.18 Å². The van der Waals surface area contributed by atoms with Gasteiger partial charge in [-0.25, -0.2) is 4.39 Å². The standard InChI is InChI=1S/C15H13FN2O/c1-11-2-4-13(16)14(10-11)18-15(19)5-3-12-6-8-17-9-7-12/h2-10H,1H3,(H,18,19). The highest BCUT2D eigenvalue weighted by molar-refractivity contribution is 6.02. The lowest BCUT2D eigenvalue weighted by atomic mass is 10.2. The smallest absolute Gasteiger partial charge is 0.248 e. The molecular formula is C15H13FN2O. The largest absolute Gasteiger partial charge is 0.320 e. The lowest BCUT2D eigenvalue weighted by Crippen LogP contribution is -2.09. The van der Waals surface area contributed by atoms with Crippen molar-refractivity contribution >= 4 is 17.7 Å². The summed E-state index contributed by atoms with van der Waals surface area (Å²) in [6.07, 6.45) is 6.28. The molecule has 2 rings (SSSR count). The van der Waals surface area contributed by atoms with Crippen molar-refractivity contribution in [3.63, 3.8) is 0 Å². The number of nitrogens with zero attached hydrogens (tertiary/aromatic N) is 1. The highest BCUT2D eigenvalue weighted by Crippen LogP contribution is 2.15. The zero-order chi connectivity index (χ0) is 13.7. The maximum absolute atomic E-state index is 13.4. The van der Waals surface area contributed by atoms with E-state index < -0.39 is 5.82 Å². The summed E-state index contributed by atoms with van der Waals surface area (Å²) in [4.78, 5) is 15.5. The molecule has 1 amide bonds. The number of benzene rings is 1. The molecule has 1 N–H and O–H groups in total. The second-order valence-electron chi connectivity index (χ2n) is 4.09. The van der Waals surface area contributed by atoms with Crippen molar-refractivity contribution in [2.75, 3.05) is 5.32 Å². The number of amides is 1. The van der Waals surface area contributed by atoms with Crippen LogP contribution >= 0.6 is 0 Å². The first-order chi connectivity index (χ1) is 9.15. The van der Waals surface area contributed by atoms with Crippen molar-refractivity contribution in [2.24, 2.45) is 0 Å². The Kier molecular flexibility index (Phi) is 4.03. The predicted octanol–water partition coefficient (Wildman–Crippen LogP) is 3.18. The fraction of sp³-hybridized carbons (Fsp3) is 0.0667. The van der Waals surface area contributed by atoms with Gasteiger partial charge in [-0.3, -0.25) is 9.78 Å². The Hall–Kier alpha value is -2.49. The maximum Gasteiger partial charge on any atom is 0.248 e. The highest BCUT2D eigenvalue weighted by atomic mass is 19.1. The molecule has 0 fully saturated rings. The van der Waals surface area contributed by atoms with Crippen LogP contribution in [-0.2, 0) is 4.79 Å². The molecule has 1 aromatic carbocycles. The number of rotatable bonds is 3. The zero-order valence-corrected chi connectivity index (χ0v) is 10.4. The highest BCUT2D eigenvalue weighted by Gasteiger charge is 2.04. The van der Waals surface area contributed by atoms with Crippen molar-refractivity contribution in [3.05, 3.63) is 65.7 Å². The summed E-state index contributed by atoms with van der Waals surface area (Å²) < 4.78 is 13.4. The van der Waals surface area contributed by atoms with Crippen LogP contribution in [0.25, 0.3) is 6.08 Å². The number of hydrogen-bond acceptors (Lipinski definition) is 2. The van der Waals surface area contributed by atoms with Gasteiger partial charge in [0.05, 0.1) is 5.69 Å². The molecule has 1 aromatic heterocycles. The van der Waals surface area contributed by atoms with Crippen LogP contribution in [0.5, 0.6) is 0 Å². The molecule has 0 unspecified atom stereocenters. The fourth-order valence-corrected chi connectivity index (χ4v) is 1.56. The monoisotopic (exact) mass is 256 g/mol. The van der Waals surface area contributed by atoms with Gasteiger partial charge in [0, 0.05) is 18.5 Å². The van der Waals surface area contributed by atoms with Crippen molar-refractivity contribution in [1.82, 2.24) is 4.98 Å². The quantitative estimate of drug-likeness (QED) is 0.857. The summed E-state index contributed by atoms with van der Waals surface area (Å²) in [5.41, 5.74) is 1.93. The minimum atomic E-state index is -0.448. The molecule has 0 aliphatic carbocycles. The van der Waals surface area contributed by atoms with Crippen molar-refractivity contribution in [1.29, 1.82) is 0 Å². The third-order valence-electron chi connectivity index (χ3n) is 2.51. The van der Waals surface area contributed by atoms with E-state index in [1.165, 1.54) is 12.1 Å². The number of nitrogens with one attached hydrogen (secondary N) is 1. The van der Waals surface area contributed by atoms with E-state index in [0.717, 1.165) is 11.1 Å². The topological polar surface area (TPSA) is 42.0 Å². The lowest BCUT2D eigenvalue weighted by Gasteiger charge is -2.04. The van der Waals surface area contributed by atoms with Crippen LogP contribution in [0.15, 0.2) is 48.8 Å². The number of aryl methyl sites for hydroxylation is 1. The van der Waals surface area contributed by atoms with Gasteiger partial charge in [0.25, 0.3) is 0 Å². The number of carbonyl (C=O) groups is 1. The molecule has 0 radical (unpaired) electrons. The second kappa shape index (κ2) is 5.91. The first-order valence-corrected chi connectivity index (χ1v) is 5.80. The summed E-state index contributed by atoms with van der Waals surface area (Å²) in [6.45, 7) is 1.84. The minimum absolute atomic E-state index is 0.185. The van der Waals surface area contributed by atoms with E-state index in [-0.39, 0.29) is 11.6 Å². The van der Waals surface area contributed by atoms with Gasteiger partial charge in [0.15, 0.2) is 0 Å². The fourth-order valence-electron chi connectivity index (χ4n) is 1.56. The predicted molar refractivity (Wildman–Crippen MR) is 73.0 cm³/mol. The Morgan fingerprint density at radius 2 is 2.00 bits per heavy atom. The first-order valence-electron chi connectivity index (χ1n) is 5.80. The Morgan fingerprint density at radius 3 is 2.74 bits per heavy atom. The number of aromatic nitrogens is 1. The summed E-state index contributed by atoms with van der Waals surface area (Å²) in [5.74, 6) is -0.822. The van der Waals surface area contributed by atoms with Gasteiger partial charge in [-0.1, -0.05) is 6.07 Å². The van der Waals surface area contributed by atoms with Crippen molar-refractivity contribution < 1.29 is 9.18 Å². The van der Waals surface area contributed by atoms with E-state index in [0.29, 0.717) is 0 Å². The van der Waals surface area contributed by atoms with E-state index in [4.69, 9.17) is 0 Å². The molecule has 0 spiro atoms. The van der Waals surface area contributed by atoms with Gasteiger partial charge in [-0.15, -0.1) is 0 Å². The number of hydrogen-bond donors (Lipinski definition) is 1. The summed E-state index contributed by atoms with van der Waals surface area (Å²) >= 11 is 0. The normalized spacial score (nSPS) is 10.6. The van der Waals surface area contributed by atoms with Crippen LogP contribution in [0, 0.1) is 12.7 Å². The van der Waals surface area contributed by atoms with Crippen LogP contribution in [0.4, 0.5) is 10.1 Å².